The Balaban J connectivity index is 2.51. The van der Waals surface area contributed by atoms with Crippen molar-refractivity contribution in [3.05, 3.63) is 42.0 Å². The van der Waals surface area contributed by atoms with Gasteiger partial charge in [-0.25, -0.2) is 0 Å². The Bertz CT molecular complexity index is 327. The number of hydrogen-bond acceptors (Lipinski definition) is 1. The minimum atomic E-state index is 0.116. The highest BCUT2D eigenvalue weighted by atomic mass is 16.5. The van der Waals surface area contributed by atoms with Gasteiger partial charge in [-0.2, -0.15) is 0 Å². The van der Waals surface area contributed by atoms with E-state index in [4.69, 9.17) is 4.74 Å². The highest BCUT2D eigenvalue weighted by Crippen LogP contribution is 2.24. The lowest BCUT2D eigenvalue weighted by atomic mass is 9.88. The van der Waals surface area contributed by atoms with Gasteiger partial charge in [0, 0.05) is 0 Å². The second-order valence-corrected chi connectivity index (χ2v) is 4.96. The Morgan fingerprint density at radius 2 is 1.73 bits per heavy atom. The molecule has 0 amide bonds. The van der Waals surface area contributed by atoms with Crippen LogP contribution >= 0.6 is 0 Å². The lowest BCUT2D eigenvalue weighted by molar-refractivity contribution is 0.316. The van der Waals surface area contributed by atoms with Crippen molar-refractivity contribution in [1.82, 2.24) is 0 Å². The summed E-state index contributed by atoms with van der Waals surface area (Å²) in [6.45, 7) is 13.1. The molecular formula is C14H20O. The third kappa shape index (κ3) is 3.78. The minimum absolute atomic E-state index is 0.116. The molecular weight excluding hydrogens is 184 g/mol. The van der Waals surface area contributed by atoms with Gasteiger partial charge in [0.15, 0.2) is 0 Å². The molecule has 0 heterocycles. The summed E-state index contributed by atoms with van der Waals surface area (Å²) in [7, 11) is 0. The van der Waals surface area contributed by atoms with Gasteiger partial charge in [0.2, 0.25) is 0 Å². The van der Waals surface area contributed by atoms with Gasteiger partial charge in [-0.15, -0.1) is 0 Å². The first kappa shape index (κ1) is 11.8. The molecule has 82 valence electrons. The first-order chi connectivity index (χ1) is 6.89. The fraction of sp³-hybridized carbons (Fsp3) is 0.429. The normalized spacial score (nSPS) is 11.2. The molecule has 0 aromatic heterocycles. The van der Waals surface area contributed by atoms with Crippen molar-refractivity contribution in [2.24, 2.45) is 5.41 Å². The van der Waals surface area contributed by atoms with Gasteiger partial charge in [-0.1, -0.05) is 45.0 Å². The molecule has 0 N–H and O–H groups in total. The van der Waals surface area contributed by atoms with Crippen molar-refractivity contribution in [3.8, 4) is 5.75 Å². The second kappa shape index (κ2) is 4.52. The number of benzene rings is 1. The number of rotatable bonds is 3. The van der Waals surface area contributed by atoms with E-state index < -0.39 is 0 Å². The molecule has 0 saturated carbocycles. The molecule has 0 aliphatic rings. The topological polar surface area (TPSA) is 9.23 Å². The van der Waals surface area contributed by atoms with E-state index >= 15 is 0 Å². The molecule has 1 heteroatoms. The summed E-state index contributed by atoms with van der Waals surface area (Å²) in [6.07, 6.45) is 0. The Kier molecular flexibility index (Phi) is 3.57. The summed E-state index contributed by atoms with van der Waals surface area (Å²) in [5, 5.41) is 0. The lowest BCUT2D eigenvalue weighted by Crippen LogP contribution is -2.15. The Morgan fingerprint density at radius 1 is 1.20 bits per heavy atom. The molecule has 0 saturated heterocycles. The second-order valence-electron chi connectivity index (χ2n) is 4.96. The van der Waals surface area contributed by atoms with Crippen LogP contribution in [0.15, 0.2) is 36.4 Å². The largest absolute Gasteiger partial charge is 0.489 e. The monoisotopic (exact) mass is 204 g/mol. The summed E-state index contributed by atoms with van der Waals surface area (Å²) in [5.41, 5.74) is 2.48. The standard InChI is InChI=1S/C14H20O/c1-11-6-8-13(9-7-11)15-10-12(2)14(3,4)5/h6-9H,2,10H2,1,3-5H3. The predicted molar refractivity (Wildman–Crippen MR) is 65.3 cm³/mol. The average molecular weight is 204 g/mol. The van der Waals surface area contributed by atoms with E-state index in [0.29, 0.717) is 6.61 Å². The van der Waals surface area contributed by atoms with E-state index in [1.54, 1.807) is 0 Å². The zero-order valence-corrected chi connectivity index (χ0v) is 10.1. The van der Waals surface area contributed by atoms with Gasteiger partial charge in [0.05, 0.1) is 0 Å². The van der Waals surface area contributed by atoms with Crippen LogP contribution in [-0.4, -0.2) is 6.61 Å². The first-order valence-corrected chi connectivity index (χ1v) is 5.27. The van der Waals surface area contributed by atoms with Crippen molar-refractivity contribution in [1.29, 1.82) is 0 Å². The molecule has 1 rings (SSSR count). The van der Waals surface area contributed by atoms with Crippen molar-refractivity contribution >= 4 is 0 Å². The molecule has 0 unspecified atom stereocenters. The SMILES string of the molecule is C=C(COc1ccc(C)cc1)C(C)(C)C. The van der Waals surface area contributed by atoms with Gasteiger partial charge >= 0.3 is 0 Å². The maximum absolute atomic E-state index is 5.65. The number of hydrogen-bond donors (Lipinski definition) is 0. The van der Waals surface area contributed by atoms with Crippen LogP contribution in [0, 0.1) is 12.3 Å². The van der Waals surface area contributed by atoms with E-state index in [0.717, 1.165) is 11.3 Å². The van der Waals surface area contributed by atoms with Crippen LogP contribution in [0.3, 0.4) is 0 Å². The van der Waals surface area contributed by atoms with Gasteiger partial charge in [-0.3, -0.25) is 0 Å². The van der Waals surface area contributed by atoms with Crippen LogP contribution in [0.4, 0.5) is 0 Å². The lowest BCUT2D eigenvalue weighted by Gasteiger charge is -2.21. The quantitative estimate of drug-likeness (QED) is 0.677. The van der Waals surface area contributed by atoms with Crippen LogP contribution in [0.1, 0.15) is 26.3 Å². The van der Waals surface area contributed by atoms with E-state index in [1.165, 1.54) is 5.56 Å². The maximum Gasteiger partial charge on any atom is 0.119 e. The van der Waals surface area contributed by atoms with Gasteiger partial charge < -0.3 is 4.74 Å². The van der Waals surface area contributed by atoms with Crippen LogP contribution < -0.4 is 4.74 Å². The van der Waals surface area contributed by atoms with E-state index in [-0.39, 0.29) is 5.41 Å². The van der Waals surface area contributed by atoms with Gasteiger partial charge in [0.25, 0.3) is 0 Å². The third-order valence-electron chi connectivity index (χ3n) is 2.49. The summed E-state index contributed by atoms with van der Waals surface area (Å²) >= 11 is 0. The Labute approximate surface area is 92.8 Å². The zero-order chi connectivity index (χ0) is 11.5. The van der Waals surface area contributed by atoms with E-state index in [9.17, 15) is 0 Å². The molecule has 0 radical (unpaired) electrons. The van der Waals surface area contributed by atoms with Crippen LogP contribution in [0.5, 0.6) is 5.75 Å². The summed E-state index contributed by atoms with van der Waals surface area (Å²) < 4.78 is 5.65. The number of aryl methyl sites for hydroxylation is 1. The van der Waals surface area contributed by atoms with Crippen molar-refractivity contribution in [2.45, 2.75) is 27.7 Å². The zero-order valence-electron chi connectivity index (χ0n) is 10.1. The third-order valence-corrected chi connectivity index (χ3v) is 2.49. The molecule has 0 bridgehead atoms. The maximum atomic E-state index is 5.65. The highest BCUT2D eigenvalue weighted by molar-refractivity contribution is 5.26. The molecule has 0 aliphatic heterocycles. The average Bonchev–Trinajstić information content (AvgIpc) is 2.15. The van der Waals surface area contributed by atoms with Crippen molar-refractivity contribution in [3.63, 3.8) is 0 Å². The van der Waals surface area contributed by atoms with Crippen molar-refractivity contribution < 1.29 is 4.74 Å². The molecule has 0 fully saturated rings. The van der Waals surface area contributed by atoms with Crippen LogP contribution in [-0.2, 0) is 0 Å². The molecule has 1 nitrogen and oxygen atoms in total. The summed E-state index contributed by atoms with van der Waals surface area (Å²) in [5.74, 6) is 0.908. The predicted octanol–water partition coefficient (Wildman–Crippen LogP) is 3.98. The number of ether oxygens (including phenoxy) is 1. The summed E-state index contributed by atoms with van der Waals surface area (Å²) in [6, 6.07) is 8.08. The molecule has 1 aromatic carbocycles. The van der Waals surface area contributed by atoms with Crippen molar-refractivity contribution in [2.75, 3.05) is 6.61 Å². The molecule has 0 spiro atoms. The molecule has 0 atom stereocenters. The molecule has 0 aliphatic carbocycles. The minimum Gasteiger partial charge on any atom is -0.489 e. The fourth-order valence-corrected chi connectivity index (χ4v) is 1.02. The van der Waals surface area contributed by atoms with Gasteiger partial charge in [0.1, 0.15) is 12.4 Å². The Morgan fingerprint density at radius 3 is 2.20 bits per heavy atom. The molecule has 15 heavy (non-hydrogen) atoms. The molecule has 1 aromatic rings. The van der Waals surface area contributed by atoms with Gasteiger partial charge in [-0.05, 0) is 30.0 Å². The van der Waals surface area contributed by atoms with E-state index in [2.05, 4.69) is 46.4 Å². The van der Waals surface area contributed by atoms with Crippen LogP contribution in [0.2, 0.25) is 0 Å². The summed E-state index contributed by atoms with van der Waals surface area (Å²) in [4.78, 5) is 0. The highest BCUT2D eigenvalue weighted by Gasteiger charge is 2.14. The first-order valence-electron chi connectivity index (χ1n) is 5.27. The smallest absolute Gasteiger partial charge is 0.119 e. The van der Waals surface area contributed by atoms with Crippen LogP contribution in [0.25, 0.3) is 0 Å². The Hall–Kier alpha value is -1.24. The van der Waals surface area contributed by atoms with E-state index in [1.807, 2.05) is 12.1 Å². The fourth-order valence-electron chi connectivity index (χ4n) is 1.02.